The number of hydrogen-bond donors (Lipinski definition) is 2. The van der Waals surface area contributed by atoms with Gasteiger partial charge in [-0.3, -0.25) is 9.59 Å². The van der Waals surface area contributed by atoms with Gasteiger partial charge in [-0.1, -0.05) is 25.2 Å². The summed E-state index contributed by atoms with van der Waals surface area (Å²) in [6.45, 7) is 5.22. The van der Waals surface area contributed by atoms with Gasteiger partial charge in [0.2, 0.25) is 0 Å². The van der Waals surface area contributed by atoms with Crippen molar-refractivity contribution < 1.29 is 17.9 Å². The van der Waals surface area contributed by atoms with E-state index in [-0.39, 0.29) is 15.8 Å². The predicted molar refractivity (Wildman–Crippen MR) is 75.3 cm³/mol. The second-order valence-corrected chi connectivity index (χ2v) is 7.65. The summed E-state index contributed by atoms with van der Waals surface area (Å²) in [5.74, 6) is -0.546. The molecule has 114 valence electrons. The van der Waals surface area contributed by atoms with Crippen molar-refractivity contribution in [1.29, 1.82) is 0 Å². The topological polar surface area (TPSA) is 105 Å². The molecule has 2 N–H and O–H groups in total. The fourth-order valence-corrected chi connectivity index (χ4v) is 4.21. The number of thiazole rings is 1. The van der Waals surface area contributed by atoms with Crippen LogP contribution < -0.4 is 9.60 Å². The average Bonchev–Trinajstić information content (AvgIpc) is 2.66. The third-order valence-electron chi connectivity index (χ3n) is 2.52. The number of carbonyl (C=O) groups is 1. The number of hydrogen-bond acceptors (Lipinski definition) is 6. The molecule has 1 aromatic heterocycles. The molecule has 0 aromatic carbocycles. The summed E-state index contributed by atoms with van der Waals surface area (Å²) in [7, 11) is -2.74. The number of rotatable bonds is 6. The van der Waals surface area contributed by atoms with Gasteiger partial charge in [0.15, 0.2) is 4.21 Å². The van der Waals surface area contributed by atoms with Crippen molar-refractivity contribution in [3.8, 4) is 0 Å². The van der Waals surface area contributed by atoms with Crippen molar-refractivity contribution in [2.45, 2.75) is 37.4 Å². The third kappa shape index (κ3) is 4.15. The zero-order valence-electron chi connectivity index (χ0n) is 11.7. The zero-order chi connectivity index (χ0) is 15.5. The molecule has 0 amide bonds. The Morgan fingerprint density at radius 1 is 1.45 bits per heavy atom. The maximum absolute atomic E-state index is 12.2. The Morgan fingerprint density at radius 2 is 2.05 bits per heavy atom. The SMILES string of the molecule is COC(=O)C(CC(C)C)NS(=O)(=O)c1sc(=O)[nH]c1C. The van der Waals surface area contributed by atoms with Gasteiger partial charge in [-0.2, -0.15) is 4.72 Å². The summed E-state index contributed by atoms with van der Waals surface area (Å²) < 4.78 is 31.2. The van der Waals surface area contributed by atoms with Crippen LogP contribution in [-0.4, -0.2) is 32.5 Å². The van der Waals surface area contributed by atoms with Crippen LogP contribution in [0.4, 0.5) is 0 Å². The number of esters is 1. The van der Waals surface area contributed by atoms with Crippen molar-refractivity contribution in [1.82, 2.24) is 9.71 Å². The van der Waals surface area contributed by atoms with Crippen LogP contribution in [0.5, 0.6) is 0 Å². The number of aromatic amines is 1. The molecule has 0 aliphatic heterocycles. The van der Waals surface area contributed by atoms with Crippen LogP contribution >= 0.6 is 11.3 Å². The van der Waals surface area contributed by atoms with Gasteiger partial charge in [0.1, 0.15) is 6.04 Å². The standard InChI is InChI=1S/C11H18N2O5S2/c1-6(2)5-8(9(14)18-4)13-20(16,17)10-7(3)12-11(15)19-10/h6,8,13H,5H2,1-4H3,(H,12,15). The molecule has 9 heteroatoms. The van der Waals surface area contributed by atoms with Crippen molar-refractivity contribution in [3.63, 3.8) is 0 Å². The van der Waals surface area contributed by atoms with Crippen LogP contribution in [0.15, 0.2) is 9.00 Å². The van der Waals surface area contributed by atoms with E-state index in [4.69, 9.17) is 0 Å². The summed E-state index contributed by atoms with van der Waals surface area (Å²) in [5, 5.41) is 0. The minimum Gasteiger partial charge on any atom is -0.468 e. The fraction of sp³-hybridized carbons (Fsp3) is 0.636. The summed E-state index contributed by atoms with van der Waals surface area (Å²) >= 11 is 0.588. The molecule has 0 spiro atoms. The van der Waals surface area contributed by atoms with Crippen LogP contribution in [0, 0.1) is 12.8 Å². The van der Waals surface area contributed by atoms with Crippen LogP contribution in [0.1, 0.15) is 26.0 Å². The molecule has 0 radical (unpaired) electrons. The number of methoxy groups -OCH3 is 1. The van der Waals surface area contributed by atoms with Gasteiger partial charge in [-0.25, -0.2) is 8.42 Å². The van der Waals surface area contributed by atoms with Crippen molar-refractivity contribution in [2.24, 2.45) is 5.92 Å². The molecular formula is C11H18N2O5S2. The molecule has 0 aliphatic carbocycles. The van der Waals surface area contributed by atoms with Gasteiger partial charge < -0.3 is 9.72 Å². The quantitative estimate of drug-likeness (QED) is 0.747. The van der Waals surface area contributed by atoms with E-state index in [9.17, 15) is 18.0 Å². The minimum absolute atomic E-state index is 0.105. The highest BCUT2D eigenvalue weighted by atomic mass is 32.2. The Hall–Kier alpha value is -1.19. The molecule has 0 bridgehead atoms. The summed E-state index contributed by atoms with van der Waals surface area (Å²) in [5.41, 5.74) is 0.251. The number of carbonyl (C=O) groups excluding carboxylic acids is 1. The summed E-state index contributed by atoms with van der Waals surface area (Å²) in [6, 6.07) is -0.971. The largest absolute Gasteiger partial charge is 0.468 e. The van der Waals surface area contributed by atoms with E-state index in [0.29, 0.717) is 17.8 Å². The second kappa shape index (κ2) is 6.51. The smallest absolute Gasteiger partial charge is 0.323 e. The molecule has 1 aromatic rings. The lowest BCUT2D eigenvalue weighted by Crippen LogP contribution is -2.42. The van der Waals surface area contributed by atoms with Gasteiger partial charge in [0.25, 0.3) is 10.0 Å². The average molecular weight is 322 g/mol. The van der Waals surface area contributed by atoms with Gasteiger partial charge in [0.05, 0.1) is 7.11 Å². The maximum atomic E-state index is 12.2. The predicted octanol–water partition coefficient (Wildman–Crippen LogP) is 0.611. The lowest BCUT2D eigenvalue weighted by Gasteiger charge is -2.17. The van der Waals surface area contributed by atoms with Crippen LogP contribution in [0.3, 0.4) is 0 Å². The van der Waals surface area contributed by atoms with E-state index in [0.717, 1.165) is 0 Å². The van der Waals surface area contributed by atoms with Gasteiger partial charge in [-0.15, -0.1) is 0 Å². The molecular weight excluding hydrogens is 304 g/mol. The number of ether oxygens (including phenoxy) is 1. The van der Waals surface area contributed by atoms with Gasteiger partial charge in [0, 0.05) is 5.69 Å². The lowest BCUT2D eigenvalue weighted by atomic mass is 10.1. The number of H-pyrrole nitrogens is 1. The summed E-state index contributed by atoms with van der Waals surface area (Å²) in [6.07, 6.45) is 0.310. The molecule has 1 heterocycles. The second-order valence-electron chi connectivity index (χ2n) is 4.75. The van der Waals surface area contributed by atoms with Crippen LogP contribution in [0.25, 0.3) is 0 Å². The Balaban J connectivity index is 3.05. The first-order valence-electron chi connectivity index (χ1n) is 5.97. The normalized spacial score (nSPS) is 13.4. The van der Waals surface area contributed by atoms with E-state index >= 15 is 0 Å². The molecule has 1 atom stereocenters. The molecule has 20 heavy (non-hydrogen) atoms. The van der Waals surface area contributed by atoms with Gasteiger partial charge >= 0.3 is 10.8 Å². The van der Waals surface area contributed by atoms with Crippen LogP contribution in [0.2, 0.25) is 0 Å². The van der Waals surface area contributed by atoms with Crippen molar-refractivity contribution in [2.75, 3.05) is 7.11 Å². The first-order valence-corrected chi connectivity index (χ1v) is 8.27. The van der Waals surface area contributed by atoms with Crippen LogP contribution in [-0.2, 0) is 19.6 Å². The molecule has 0 saturated carbocycles. The Morgan fingerprint density at radius 3 is 2.45 bits per heavy atom. The van der Waals surface area contributed by atoms with E-state index in [1.165, 1.54) is 14.0 Å². The first kappa shape index (κ1) is 16.9. The first-order chi connectivity index (χ1) is 9.17. The number of aryl methyl sites for hydroxylation is 1. The highest BCUT2D eigenvalue weighted by Gasteiger charge is 2.29. The van der Waals surface area contributed by atoms with Crippen molar-refractivity contribution >= 4 is 27.3 Å². The molecule has 1 rings (SSSR count). The minimum atomic E-state index is -3.93. The lowest BCUT2D eigenvalue weighted by molar-refractivity contribution is -0.143. The molecule has 1 unspecified atom stereocenters. The van der Waals surface area contributed by atoms with E-state index in [1.807, 2.05) is 13.8 Å². The fourth-order valence-electron chi connectivity index (χ4n) is 1.69. The van der Waals surface area contributed by atoms with E-state index in [1.54, 1.807) is 0 Å². The number of sulfonamides is 1. The Labute approximate surface area is 121 Å². The molecule has 0 fully saturated rings. The highest BCUT2D eigenvalue weighted by Crippen LogP contribution is 2.17. The van der Waals surface area contributed by atoms with E-state index in [2.05, 4.69) is 14.4 Å². The number of nitrogens with one attached hydrogen (secondary N) is 2. The highest BCUT2D eigenvalue weighted by molar-refractivity contribution is 7.91. The monoisotopic (exact) mass is 322 g/mol. The van der Waals surface area contributed by atoms with Crippen molar-refractivity contribution in [3.05, 3.63) is 15.4 Å². The third-order valence-corrected chi connectivity index (χ3v) is 5.59. The molecule has 0 saturated heterocycles. The zero-order valence-corrected chi connectivity index (χ0v) is 13.4. The summed E-state index contributed by atoms with van der Waals surface area (Å²) in [4.78, 5) is 24.8. The Bertz CT molecular complexity index is 629. The maximum Gasteiger partial charge on any atom is 0.323 e. The van der Waals surface area contributed by atoms with E-state index < -0.39 is 26.9 Å². The molecule has 0 aliphatic rings. The Kier molecular flexibility index (Phi) is 5.49. The van der Waals surface area contributed by atoms with Gasteiger partial charge in [-0.05, 0) is 19.3 Å². The number of aromatic nitrogens is 1. The molecule has 7 nitrogen and oxygen atoms in total.